The predicted octanol–water partition coefficient (Wildman–Crippen LogP) is 2.81. The number of carbonyl (C=O) groups excluding carboxylic acids is 1. The van der Waals surface area contributed by atoms with Crippen LogP contribution >= 0.6 is 11.3 Å². The van der Waals surface area contributed by atoms with Crippen LogP contribution in [0.15, 0.2) is 12.1 Å². The molecule has 0 aliphatic rings. The lowest BCUT2D eigenvalue weighted by atomic mass is 10.1. The van der Waals surface area contributed by atoms with E-state index in [0.717, 1.165) is 6.42 Å². The van der Waals surface area contributed by atoms with Crippen LogP contribution in [0.1, 0.15) is 36.4 Å². The van der Waals surface area contributed by atoms with Crippen LogP contribution in [-0.4, -0.2) is 29.1 Å². The first-order valence-corrected chi connectivity index (χ1v) is 7.35. The van der Waals surface area contributed by atoms with Crippen LogP contribution in [0.25, 0.3) is 0 Å². The molecule has 0 radical (unpaired) electrons. The summed E-state index contributed by atoms with van der Waals surface area (Å²) >= 11 is 1.73. The zero-order chi connectivity index (χ0) is 13.5. The van der Waals surface area contributed by atoms with Crippen molar-refractivity contribution in [1.82, 2.24) is 4.90 Å². The summed E-state index contributed by atoms with van der Waals surface area (Å²) in [6, 6.07) is 4.16. The zero-order valence-electron chi connectivity index (χ0n) is 11.5. The van der Waals surface area contributed by atoms with Crippen LogP contribution in [0.4, 0.5) is 0 Å². The quantitative estimate of drug-likeness (QED) is 0.827. The molecule has 1 aromatic rings. The van der Waals surface area contributed by atoms with Crippen molar-refractivity contribution in [2.24, 2.45) is 5.92 Å². The SMILES string of the molecule is CC[C@H](C)C(=O)N(CCCO)Cc1ccc(C)s1. The van der Waals surface area contributed by atoms with E-state index < -0.39 is 0 Å². The Morgan fingerprint density at radius 3 is 2.72 bits per heavy atom. The molecule has 1 aromatic heterocycles. The minimum atomic E-state index is 0.0600. The van der Waals surface area contributed by atoms with Crippen molar-refractivity contribution in [3.05, 3.63) is 21.9 Å². The summed E-state index contributed by atoms with van der Waals surface area (Å²) in [5, 5.41) is 8.93. The minimum absolute atomic E-state index is 0.0600. The Balaban J connectivity index is 2.68. The van der Waals surface area contributed by atoms with Crippen LogP contribution in [0.2, 0.25) is 0 Å². The molecule has 0 aliphatic carbocycles. The minimum Gasteiger partial charge on any atom is -0.396 e. The van der Waals surface area contributed by atoms with Crippen molar-refractivity contribution in [1.29, 1.82) is 0 Å². The average molecular weight is 269 g/mol. The van der Waals surface area contributed by atoms with E-state index in [1.807, 2.05) is 18.7 Å². The van der Waals surface area contributed by atoms with Crippen molar-refractivity contribution in [2.75, 3.05) is 13.2 Å². The van der Waals surface area contributed by atoms with E-state index in [-0.39, 0.29) is 18.4 Å². The van der Waals surface area contributed by atoms with Gasteiger partial charge in [-0.1, -0.05) is 13.8 Å². The van der Waals surface area contributed by atoms with Gasteiger partial charge in [-0.3, -0.25) is 4.79 Å². The van der Waals surface area contributed by atoms with Crippen molar-refractivity contribution in [3.8, 4) is 0 Å². The molecule has 3 nitrogen and oxygen atoms in total. The monoisotopic (exact) mass is 269 g/mol. The van der Waals surface area contributed by atoms with Gasteiger partial charge in [-0.2, -0.15) is 0 Å². The van der Waals surface area contributed by atoms with E-state index in [1.165, 1.54) is 9.75 Å². The number of aliphatic hydroxyl groups is 1. The van der Waals surface area contributed by atoms with Gasteiger partial charge in [0.25, 0.3) is 0 Å². The summed E-state index contributed by atoms with van der Waals surface area (Å²) < 4.78 is 0. The molecule has 0 saturated heterocycles. The molecule has 0 aliphatic heterocycles. The van der Waals surface area contributed by atoms with Crippen LogP contribution in [0.3, 0.4) is 0 Å². The first-order valence-electron chi connectivity index (χ1n) is 6.53. The van der Waals surface area contributed by atoms with Gasteiger partial charge in [0.15, 0.2) is 0 Å². The van der Waals surface area contributed by atoms with Gasteiger partial charge in [-0.05, 0) is 31.9 Å². The first kappa shape index (κ1) is 15.2. The molecule has 18 heavy (non-hydrogen) atoms. The highest BCUT2D eigenvalue weighted by atomic mass is 32.1. The Hall–Kier alpha value is -0.870. The number of rotatable bonds is 7. The number of hydrogen-bond donors (Lipinski definition) is 1. The predicted molar refractivity (Wildman–Crippen MR) is 75.6 cm³/mol. The van der Waals surface area contributed by atoms with E-state index in [4.69, 9.17) is 5.11 Å². The molecule has 0 aromatic carbocycles. The Bertz CT molecular complexity index is 376. The van der Waals surface area contributed by atoms with E-state index in [9.17, 15) is 4.79 Å². The second kappa shape index (κ2) is 7.54. The molecular formula is C14H23NO2S. The normalized spacial score (nSPS) is 12.4. The van der Waals surface area contributed by atoms with E-state index in [0.29, 0.717) is 19.5 Å². The lowest BCUT2D eigenvalue weighted by molar-refractivity contribution is -0.135. The maximum atomic E-state index is 12.2. The zero-order valence-corrected chi connectivity index (χ0v) is 12.3. The van der Waals surface area contributed by atoms with Crippen molar-refractivity contribution in [3.63, 3.8) is 0 Å². The van der Waals surface area contributed by atoms with Gasteiger partial charge < -0.3 is 10.0 Å². The number of thiophene rings is 1. The molecule has 1 heterocycles. The topological polar surface area (TPSA) is 40.5 Å². The van der Waals surface area contributed by atoms with Gasteiger partial charge in [0.05, 0.1) is 6.54 Å². The largest absolute Gasteiger partial charge is 0.396 e. The van der Waals surface area contributed by atoms with Gasteiger partial charge >= 0.3 is 0 Å². The third kappa shape index (κ3) is 4.42. The van der Waals surface area contributed by atoms with Crippen molar-refractivity contribution >= 4 is 17.2 Å². The molecule has 4 heteroatoms. The average Bonchev–Trinajstić information content (AvgIpc) is 2.78. The standard InChI is InChI=1S/C14H23NO2S/c1-4-11(2)14(17)15(8-5-9-16)10-13-7-6-12(3)18-13/h6-7,11,16H,4-5,8-10H2,1-3H3/t11-/m0/s1. The van der Waals surface area contributed by atoms with Crippen LogP contribution in [0, 0.1) is 12.8 Å². The number of amides is 1. The molecule has 1 rings (SSSR count). The smallest absolute Gasteiger partial charge is 0.225 e. The second-order valence-electron chi connectivity index (χ2n) is 4.66. The van der Waals surface area contributed by atoms with E-state index in [1.54, 1.807) is 11.3 Å². The molecular weight excluding hydrogens is 246 g/mol. The van der Waals surface area contributed by atoms with Crippen LogP contribution < -0.4 is 0 Å². The Morgan fingerprint density at radius 2 is 2.22 bits per heavy atom. The molecule has 0 bridgehead atoms. The maximum absolute atomic E-state index is 12.2. The maximum Gasteiger partial charge on any atom is 0.225 e. The highest BCUT2D eigenvalue weighted by Crippen LogP contribution is 2.19. The van der Waals surface area contributed by atoms with Gasteiger partial charge in [-0.25, -0.2) is 0 Å². The van der Waals surface area contributed by atoms with Crippen molar-refractivity contribution in [2.45, 2.75) is 40.2 Å². The molecule has 0 saturated carbocycles. The van der Waals surface area contributed by atoms with Gasteiger partial charge in [0.2, 0.25) is 5.91 Å². The lowest BCUT2D eigenvalue weighted by Gasteiger charge is -2.24. The molecule has 102 valence electrons. The highest BCUT2D eigenvalue weighted by molar-refractivity contribution is 7.11. The number of aryl methyl sites for hydroxylation is 1. The number of aliphatic hydroxyl groups excluding tert-OH is 1. The van der Waals surface area contributed by atoms with Crippen LogP contribution in [-0.2, 0) is 11.3 Å². The third-order valence-corrected chi connectivity index (χ3v) is 4.06. The van der Waals surface area contributed by atoms with Crippen molar-refractivity contribution < 1.29 is 9.90 Å². The summed E-state index contributed by atoms with van der Waals surface area (Å²) in [7, 11) is 0. The Kier molecular flexibility index (Phi) is 6.36. The molecule has 1 atom stereocenters. The summed E-state index contributed by atoms with van der Waals surface area (Å²) in [6.45, 7) is 7.50. The molecule has 1 N–H and O–H groups in total. The van der Waals surface area contributed by atoms with E-state index >= 15 is 0 Å². The molecule has 0 fully saturated rings. The fourth-order valence-electron chi connectivity index (χ4n) is 1.77. The fraction of sp³-hybridized carbons (Fsp3) is 0.643. The van der Waals surface area contributed by atoms with Gasteiger partial charge in [0.1, 0.15) is 0 Å². The summed E-state index contributed by atoms with van der Waals surface area (Å²) in [5.74, 6) is 0.252. The number of hydrogen-bond acceptors (Lipinski definition) is 3. The molecule has 0 unspecified atom stereocenters. The first-order chi connectivity index (χ1) is 8.58. The summed E-state index contributed by atoms with van der Waals surface area (Å²) in [5.41, 5.74) is 0. The van der Waals surface area contributed by atoms with Gasteiger partial charge in [0, 0.05) is 28.8 Å². The Morgan fingerprint density at radius 1 is 1.50 bits per heavy atom. The second-order valence-corrected chi connectivity index (χ2v) is 6.03. The fourth-order valence-corrected chi connectivity index (χ4v) is 2.68. The van der Waals surface area contributed by atoms with Gasteiger partial charge in [-0.15, -0.1) is 11.3 Å². The molecule has 0 spiro atoms. The third-order valence-electron chi connectivity index (χ3n) is 3.07. The van der Waals surface area contributed by atoms with Crippen LogP contribution in [0.5, 0.6) is 0 Å². The Labute approximate surface area is 113 Å². The number of nitrogens with zero attached hydrogens (tertiary/aromatic N) is 1. The summed E-state index contributed by atoms with van der Waals surface area (Å²) in [4.78, 5) is 16.6. The summed E-state index contributed by atoms with van der Waals surface area (Å²) in [6.07, 6.45) is 1.50. The lowest BCUT2D eigenvalue weighted by Crippen LogP contribution is -2.35. The van der Waals surface area contributed by atoms with E-state index in [2.05, 4.69) is 19.1 Å². The molecule has 1 amide bonds. The highest BCUT2D eigenvalue weighted by Gasteiger charge is 2.19. The number of carbonyl (C=O) groups is 1.